The molecule has 1 rings (SSSR count). The Bertz CT molecular complexity index is 466. The molecule has 0 spiro atoms. The molecule has 0 saturated heterocycles. The first-order valence-electron chi connectivity index (χ1n) is 8.23. The minimum atomic E-state index is -0.552. The number of rotatable bonds is 10. The van der Waals surface area contributed by atoms with Crippen molar-refractivity contribution >= 4 is 5.97 Å². The molecule has 2 unspecified atom stereocenters. The fourth-order valence-electron chi connectivity index (χ4n) is 2.49. The zero-order chi connectivity index (χ0) is 17.2. The number of carbonyl (C=O) groups is 1. The molecular formula is C18H29NO4. The third-order valence-corrected chi connectivity index (χ3v) is 3.65. The Morgan fingerprint density at radius 2 is 1.70 bits per heavy atom. The molecule has 1 aromatic rings. The molecule has 0 amide bonds. The van der Waals surface area contributed by atoms with Crippen LogP contribution in [0.3, 0.4) is 0 Å². The summed E-state index contributed by atoms with van der Waals surface area (Å²) < 4.78 is 15.8. The SMILES string of the molecule is CCOc1cc(CCC(C)CC(N)C(=O)OC)cc(OCC)c1. The minimum absolute atomic E-state index is 0.329. The van der Waals surface area contributed by atoms with E-state index in [1.165, 1.54) is 7.11 Å². The molecule has 2 N–H and O–H groups in total. The molecule has 0 aliphatic carbocycles. The first-order chi connectivity index (χ1) is 11.0. The van der Waals surface area contributed by atoms with Gasteiger partial charge in [-0.25, -0.2) is 0 Å². The van der Waals surface area contributed by atoms with Crippen molar-refractivity contribution in [1.82, 2.24) is 0 Å². The van der Waals surface area contributed by atoms with E-state index < -0.39 is 6.04 Å². The van der Waals surface area contributed by atoms with E-state index in [0.29, 0.717) is 25.6 Å². The zero-order valence-electron chi connectivity index (χ0n) is 14.6. The number of aryl methyl sites for hydroxylation is 1. The van der Waals surface area contributed by atoms with Crippen LogP contribution in [0, 0.1) is 5.92 Å². The van der Waals surface area contributed by atoms with E-state index in [0.717, 1.165) is 29.9 Å². The maximum absolute atomic E-state index is 11.4. The molecule has 130 valence electrons. The van der Waals surface area contributed by atoms with E-state index in [1.54, 1.807) is 0 Å². The first kappa shape index (κ1) is 19.3. The van der Waals surface area contributed by atoms with Gasteiger partial charge in [-0.2, -0.15) is 0 Å². The van der Waals surface area contributed by atoms with Crippen molar-refractivity contribution in [3.05, 3.63) is 23.8 Å². The summed E-state index contributed by atoms with van der Waals surface area (Å²) in [4.78, 5) is 11.4. The number of benzene rings is 1. The van der Waals surface area contributed by atoms with E-state index in [9.17, 15) is 4.79 Å². The quantitative estimate of drug-likeness (QED) is 0.670. The smallest absolute Gasteiger partial charge is 0.322 e. The number of esters is 1. The molecule has 23 heavy (non-hydrogen) atoms. The Morgan fingerprint density at radius 3 is 2.17 bits per heavy atom. The summed E-state index contributed by atoms with van der Waals surface area (Å²) in [7, 11) is 1.36. The lowest BCUT2D eigenvalue weighted by atomic mass is 9.95. The summed E-state index contributed by atoms with van der Waals surface area (Å²) in [6, 6.07) is 5.44. The number of hydrogen-bond acceptors (Lipinski definition) is 5. The van der Waals surface area contributed by atoms with Gasteiger partial charge in [0, 0.05) is 6.07 Å². The zero-order valence-corrected chi connectivity index (χ0v) is 14.6. The average Bonchev–Trinajstić information content (AvgIpc) is 2.52. The highest BCUT2D eigenvalue weighted by atomic mass is 16.5. The molecule has 0 radical (unpaired) electrons. The van der Waals surface area contributed by atoms with Crippen LogP contribution in [-0.2, 0) is 16.0 Å². The van der Waals surface area contributed by atoms with Crippen LogP contribution in [0.25, 0.3) is 0 Å². The second-order valence-electron chi connectivity index (χ2n) is 5.69. The van der Waals surface area contributed by atoms with Crippen molar-refractivity contribution in [2.24, 2.45) is 11.7 Å². The monoisotopic (exact) mass is 323 g/mol. The summed E-state index contributed by atoms with van der Waals surface area (Å²) >= 11 is 0. The van der Waals surface area contributed by atoms with Crippen molar-refractivity contribution in [2.45, 2.75) is 46.1 Å². The van der Waals surface area contributed by atoms with Gasteiger partial charge in [-0.05, 0) is 56.7 Å². The molecule has 0 aromatic heterocycles. The van der Waals surface area contributed by atoms with Crippen LogP contribution in [-0.4, -0.2) is 32.3 Å². The molecular weight excluding hydrogens is 294 g/mol. The normalized spacial score (nSPS) is 13.3. The van der Waals surface area contributed by atoms with Gasteiger partial charge in [0.05, 0.1) is 20.3 Å². The fourth-order valence-corrected chi connectivity index (χ4v) is 2.49. The van der Waals surface area contributed by atoms with Crippen molar-refractivity contribution in [3.8, 4) is 11.5 Å². The van der Waals surface area contributed by atoms with Gasteiger partial charge in [-0.3, -0.25) is 4.79 Å². The van der Waals surface area contributed by atoms with Crippen LogP contribution in [0.2, 0.25) is 0 Å². The molecule has 0 aliphatic rings. The largest absolute Gasteiger partial charge is 0.494 e. The van der Waals surface area contributed by atoms with E-state index in [1.807, 2.05) is 32.0 Å². The number of carbonyl (C=O) groups excluding carboxylic acids is 1. The van der Waals surface area contributed by atoms with E-state index >= 15 is 0 Å². The molecule has 0 heterocycles. The van der Waals surface area contributed by atoms with Crippen LogP contribution >= 0.6 is 0 Å². The molecule has 1 aromatic carbocycles. The van der Waals surface area contributed by atoms with Crippen LogP contribution in [0.4, 0.5) is 0 Å². The number of nitrogens with two attached hydrogens (primary N) is 1. The Morgan fingerprint density at radius 1 is 1.13 bits per heavy atom. The third kappa shape index (κ3) is 6.91. The second-order valence-corrected chi connectivity index (χ2v) is 5.69. The predicted octanol–water partition coefficient (Wildman–Crippen LogP) is 2.94. The van der Waals surface area contributed by atoms with Gasteiger partial charge < -0.3 is 19.9 Å². The minimum Gasteiger partial charge on any atom is -0.494 e. The van der Waals surface area contributed by atoms with Crippen LogP contribution < -0.4 is 15.2 Å². The molecule has 0 aliphatic heterocycles. The second kappa shape index (κ2) is 10.1. The predicted molar refractivity (Wildman–Crippen MR) is 90.9 cm³/mol. The van der Waals surface area contributed by atoms with Crippen molar-refractivity contribution in [3.63, 3.8) is 0 Å². The van der Waals surface area contributed by atoms with Crippen molar-refractivity contribution < 1.29 is 19.0 Å². The maximum atomic E-state index is 11.4. The Kier molecular flexibility index (Phi) is 8.48. The highest BCUT2D eigenvalue weighted by molar-refractivity contribution is 5.75. The van der Waals surface area contributed by atoms with Gasteiger partial charge in [0.1, 0.15) is 17.5 Å². The Hall–Kier alpha value is -1.75. The van der Waals surface area contributed by atoms with Crippen LogP contribution in [0.15, 0.2) is 18.2 Å². The number of methoxy groups -OCH3 is 1. The Balaban J connectivity index is 2.63. The summed E-state index contributed by atoms with van der Waals surface area (Å²) in [6.45, 7) is 7.27. The molecule has 5 heteroatoms. The fraction of sp³-hybridized carbons (Fsp3) is 0.611. The molecule has 2 atom stereocenters. The lowest BCUT2D eigenvalue weighted by Crippen LogP contribution is -2.33. The lowest BCUT2D eigenvalue weighted by molar-refractivity contribution is -0.142. The van der Waals surface area contributed by atoms with E-state index in [2.05, 4.69) is 11.7 Å². The molecule has 5 nitrogen and oxygen atoms in total. The van der Waals surface area contributed by atoms with Crippen LogP contribution in [0.1, 0.15) is 39.2 Å². The summed E-state index contributed by atoms with van der Waals surface area (Å²) in [6.07, 6.45) is 2.44. The van der Waals surface area contributed by atoms with E-state index in [4.69, 9.17) is 15.2 Å². The number of hydrogen-bond donors (Lipinski definition) is 1. The molecule has 0 saturated carbocycles. The molecule has 0 bridgehead atoms. The lowest BCUT2D eigenvalue weighted by Gasteiger charge is -2.16. The third-order valence-electron chi connectivity index (χ3n) is 3.65. The van der Waals surface area contributed by atoms with Gasteiger partial charge in [0.15, 0.2) is 0 Å². The number of ether oxygens (including phenoxy) is 3. The summed E-state index contributed by atoms with van der Waals surface area (Å²) in [5.41, 5.74) is 6.98. The Labute approximate surface area is 139 Å². The standard InChI is InChI=1S/C18H29NO4/c1-5-22-15-10-14(11-16(12-15)23-6-2)8-7-13(3)9-17(19)18(20)21-4/h10-13,17H,5-9,19H2,1-4H3. The van der Waals surface area contributed by atoms with Gasteiger partial charge >= 0.3 is 5.97 Å². The van der Waals surface area contributed by atoms with Gasteiger partial charge in [0.2, 0.25) is 0 Å². The van der Waals surface area contributed by atoms with Gasteiger partial charge in [0.25, 0.3) is 0 Å². The van der Waals surface area contributed by atoms with Gasteiger partial charge in [-0.1, -0.05) is 6.92 Å². The maximum Gasteiger partial charge on any atom is 0.322 e. The summed E-state index contributed by atoms with van der Waals surface area (Å²) in [5, 5.41) is 0. The highest BCUT2D eigenvalue weighted by Crippen LogP contribution is 2.25. The van der Waals surface area contributed by atoms with Crippen molar-refractivity contribution in [1.29, 1.82) is 0 Å². The highest BCUT2D eigenvalue weighted by Gasteiger charge is 2.17. The first-order valence-corrected chi connectivity index (χ1v) is 8.23. The van der Waals surface area contributed by atoms with Crippen molar-refractivity contribution in [2.75, 3.05) is 20.3 Å². The topological polar surface area (TPSA) is 70.8 Å². The van der Waals surface area contributed by atoms with E-state index in [-0.39, 0.29) is 5.97 Å². The molecule has 0 fully saturated rings. The average molecular weight is 323 g/mol. The van der Waals surface area contributed by atoms with Crippen LogP contribution in [0.5, 0.6) is 11.5 Å². The summed E-state index contributed by atoms with van der Waals surface area (Å²) in [5.74, 6) is 1.63. The van der Waals surface area contributed by atoms with Gasteiger partial charge in [-0.15, -0.1) is 0 Å².